The van der Waals surface area contributed by atoms with Gasteiger partial charge in [-0.25, -0.2) is 4.79 Å². The van der Waals surface area contributed by atoms with E-state index in [1.165, 1.54) is 12.7 Å². The molecule has 2 atom stereocenters. The minimum Gasteiger partial charge on any atom is -0.490 e. The zero-order chi connectivity index (χ0) is 18.9. The summed E-state index contributed by atoms with van der Waals surface area (Å²) in [7, 11) is 2.96. The number of hydrogen-bond donors (Lipinski definition) is 0. The molecule has 0 heterocycles. The second-order valence-corrected chi connectivity index (χ2v) is 6.19. The van der Waals surface area contributed by atoms with Gasteiger partial charge in [-0.3, -0.25) is 0 Å². The molecule has 0 N–H and O–H groups in total. The van der Waals surface area contributed by atoms with Crippen LogP contribution in [0.25, 0.3) is 0 Å². The summed E-state index contributed by atoms with van der Waals surface area (Å²) in [5, 5.41) is 0. The Balaban J connectivity index is 2.15. The summed E-state index contributed by atoms with van der Waals surface area (Å²) in [6.07, 6.45) is 0.552. The number of carbonyl (C=O) groups is 1. The van der Waals surface area contributed by atoms with Gasteiger partial charge in [0.1, 0.15) is 17.6 Å². The number of esters is 1. The van der Waals surface area contributed by atoms with Gasteiger partial charge in [0.05, 0.1) is 25.4 Å². The first-order valence-electron chi connectivity index (χ1n) is 8.61. The Labute approximate surface area is 154 Å². The van der Waals surface area contributed by atoms with Crippen LogP contribution < -0.4 is 9.47 Å². The fourth-order valence-corrected chi connectivity index (χ4v) is 2.66. The summed E-state index contributed by atoms with van der Waals surface area (Å²) < 4.78 is 21.7. The fraction of sp³-hybridized carbons (Fsp3) is 0.381. The highest BCUT2D eigenvalue weighted by molar-refractivity contribution is 5.90. The first-order valence-corrected chi connectivity index (χ1v) is 8.61. The Bertz CT molecular complexity index is 699. The Kier molecular flexibility index (Phi) is 7.48. The normalized spacial score (nSPS) is 12.9. The number of carbonyl (C=O) groups excluding carboxylic acids is 1. The molecule has 0 bridgehead atoms. The molecule has 2 aromatic carbocycles. The molecule has 140 valence electrons. The van der Waals surface area contributed by atoms with Gasteiger partial charge < -0.3 is 18.9 Å². The van der Waals surface area contributed by atoms with Gasteiger partial charge in [0.2, 0.25) is 0 Å². The third-order valence-corrected chi connectivity index (χ3v) is 3.74. The van der Waals surface area contributed by atoms with E-state index in [-0.39, 0.29) is 12.2 Å². The zero-order valence-corrected chi connectivity index (χ0v) is 15.7. The topological polar surface area (TPSA) is 54.0 Å². The van der Waals surface area contributed by atoms with E-state index < -0.39 is 5.97 Å². The van der Waals surface area contributed by atoms with Gasteiger partial charge in [-0.1, -0.05) is 30.3 Å². The monoisotopic (exact) mass is 358 g/mol. The molecule has 0 aromatic heterocycles. The van der Waals surface area contributed by atoms with Gasteiger partial charge in [-0.2, -0.15) is 0 Å². The smallest absolute Gasteiger partial charge is 0.338 e. The summed E-state index contributed by atoms with van der Waals surface area (Å²) in [6, 6.07) is 15.2. The van der Waals surface area contributed by atoms with Gasteiger partial charge in [0.25, 0.3) is 0 Å². The Morgan fingerprint density at radius 3 is 2.12 bits per heavy atom. The highest BCUT2D eigenvalue weighted by Gasteiger charge is 2.14. The van der Waals surface area contributed by atoms with Crippen molar-refractivity contribution >= 4 is 5.97 Å². The van der Waals surface area contributed by atoms with E-state index in [9.17, 15) is 4.79 Å². The summed E-state index contributed by atoms with van der Waals surface area (Å²) in [5.41, 5.74) is 1.57. The third kappa shape index (κ3) is 6.08. The molecule has 5 heteroatoms. The van der Waals surface area contributed by atoms with Crippen molar-refractivity contribution in [2.24, 2.45) is 0 Å². The molecule has 0 aliphatic rings. The van der Waals surface area contributed by atoms with Crippen molar-refractivity contribution in [1.29, 1.82) is 0 Å². The van der Waals surface area contributed by atoms with Gasteiger partial charge >= 0.3 is 5.97 Å². The number of ether oxygens (including phenoxy) is 4. The van der Waals surface area contributed by atoms with Crippen LogP contribution in [0.2, 0.25) is 0 Å². The van der Waals surface area contributed by atoms with Gasteiger partial charge in [-0.15, -0.1) is 0 Å². The standard InChI is InChI=1S/C21H26O5/c1-15(10-17-8-6-5-7-9-17)25-19-11-18(21(22)24-4)12-20(13-19)26-16(2)14-23-3/h5-9,11-13,15-16H,10,14H2,1-4H3/t15-,16-/m0/s1. The maximum atomic E-state index is 11.9. The molecule has 2 aromatic rings. The van der Waals surface area contributed by atoms with Crippen molar-refractivity contribution in [2.75, 3.05) is 20.8 Å². The summed E-state index contributed by atoms with van der Waals surface area (Å²) in [4.78, 5) is 11.9. The maximum Gasteiger partial charge on any atom is 0.338 e. The molecule has 0 spiro atoms. The Morgan fingerprint density at radius 1 is 0.923 bits per heavy atom. The minimum atomic E-state index is -0.435. The van der Waals surface area contributed by atoms with E-state index in [1.807, 2.05) is 32.0 Å². The van der Waals surface area contributed by atoms with Gasteiger partial charge in [0.15, 0.2) is 0 Å². The average Bonchev–Trinajstić information content (AvgIpc) is 2.61. The third-order valence-electron chi connectivity index (χ3n) is 3.74. The van der Waals surface area contributed by atoms with Crippen LogP contribution in [-0.2, 0) is 15.9 Å². The van der Waals surface area contributed by atoms with Crippen LogP contribution in [0.5, 0.6) is 11.5 Å². The van der Waals surface area contributed by atoms with E-state index in [2.05, 4.69) is 12.1 Å². The summed E-state index contributed by atoms with van der Waals surface area (Å²) in [5.74, 6) is 0.672. The lowest BCUT2D eigenvalue weighted by atomic mass is 10.1. The highest BCUT2D eigenvalue weighted by Crippen LogP contribution is 2.26. The van der Waals surface area contributed by atoms with E-state index >= 15 is 0 Å². The lowest BCUT2D eigenvalue weighted by molar-refractivity contribution is 0.0597. The molecule has 5 nitrogen and oxygen atoms in total. The number of hydrogen-bond acceptors (Lipinski definition) is 5. The Morgan fingerprint density at radius 2 is 1.54 bits per heavy atom. The molecule has 0 saturated heterocycles. The van der Waals surface area contributed by atoms with Crippen LogP contribution in [0.1, 0.15) is 29.8 Å². The van der Waals surface area contributed by atoms with Crippen molar-refractivity contribution in [3.63, 3.8) is 0 Å². The minimum absolute atomic E-state index is 0.0606. The number of methoxy groups -OCH3 is 2. The highest BCUT2D eigenvalue weighted by atomic mass is 16.5. The number of rotatable bonds is 9. The predicted molar refractivity (Wildman–Crippen MR) is 100.0 cm³/mol. The molecule has 2 rings (SSSR count). The van der Waals surface area contributed by atoms with Crippen LogP contribution in [0.4, 0.5) is 0 Å². The lowest BCUT2D eigenvalue weighted by Crippen LogP contribution is -2.19. The second kappa shape index (κ2) is 9.82. The SMILES string of the molecule is COC[C@H](C)Oc1cc(O[C@@H](C)Cc2ccccc2)cc(C(=O)OC)c1. The van der Waals surface area contributed by atoms with Crippen LogP contribution in [0.15, 0.2) is 48.5 Å². The van der Waals surface area contributed by atoms with Crippen molar-refractivity contribution in [3.05, 3.63) is 59.7 Å². The molecular weight excluding hydrogens is 332 g/mol. The first-order chi connectivity index (χ1) is 12.5. The lowest BCUT2D eigenvalue weighted by Gasteiger charge is -2.18. The average molecular weight is 358 g/mol. The van der Waals surface area contributed by atoms with Gasteiger partial charge in [0, 0.05) is 19.6 Å². The van der Waals surface area contributed by atoms with Crippen LogP contribution in [0.3, 0.4) is 0 Å². The molecule has 0 saturated carbocycles. The van der Waals surface area contributed by atoms with Crippen molar-refractivity contribution < 1.29 is 23.7 Å². The van der Waals surface area contributed by atoms with Crippen LogP contribution >= 0.6 is 0 Å². The van der Waals surface area contributed by atoms with Gasteiger partial charge in [-0.05, 0) is 31.5 Å². The van der Waals surface area contributed by atoms with Crippen molar-refractivity contribution in [2.45, 2.75) is 32.5 Å². The first kappa shape index (κ1) is 19.8. The van der Waals surface area contributed by atoms with Crippen LogP contribution in [0, 0.1) is 0 Å². The second-order valence-electron chi connectivity index (χ2n) is 6.19. The fourth-order valence-electron chi connectivity index (χ4n) is 2.66. The van der Waals surface area contributed by atoms with Crippen LogP contribution in [-0.4, -0.2) is 39.0 Å². The zero-order valence-electron chi connectivity index (χ0n) is 15.7. The molecule has 0 unspecified atom stereocenters. The molecule has 0 radical (unpaired) electrons. The maximum absolute atomic E-state index is 11.9. The van der Waals surface area contributed by atoms with Crippen molar-refractivity contribution in [3.8, 4) is 11.5 Å². The van der Waals surface area contributed by atoms with Crippen molar-refractivity contribution in [1.82, 2.24) is 0 Å². The predicted octanol–water partition coefficient (Wildman–Crippen LogP) is 3.90. The molecule has 26 heavy (non-hydrogen) atoms. The number of benzene rings is 2. The molecular formula is C21H26O5. The molecule has 0 fully saturated rings. The Hall–Kier alpha value is -2.53. The largest absolute Gasteiger partial charge is 0.490 e. The quantitative estimate of drug-likeness (QED) is 0.637. The van der Waals surface area contributed by atoms with E-state index in [1.54, 1.807) is 25.3 Å². The van der Waals surface area contributed by atoms with E-state index in [4.69, 9.17) is 18.9 Å². The molecule has 0 aliphatic heterocycles. The molecule has 0 amide bonds. The summed E-state index contributed by atoms with van der Waals surface area (Å²) >= 11 is 0. The van der Waals surface area contributed by atoms with E-state index in [0.29, 0.717) is 23.7 Å². The summed E-state index contributed by atoms with van der Waals surface area (Å²) in [6.45, 7) is 4.34. The molecule has 0 aliphatic carbocycles. The van der Waals surface area contributed by atoms with E-state index in [0.717, 1.165) is 6.42 Å².